The van der Waals surface area contributed by atoms with Crippen molar-refractivity contribution in [2.24, 2.45) is 0 Å². The number of nitrogens with zero attached hydrogens (tertiary/aromatic N) is 3. The van der Waals surface area contributed by atoms with Gasteiger partial charge in [0.2, 0.25) is 5.88 Å². The van der Waals surface area contributed by atoms with Crippen LogP contribution in [0.4, 0.5) is 10.1 Å². The molecular weight excluding hydrogens is 465 g/mol. The van der Waals surface area contributed by atoms with E-state index in [0.717, 1.165) is 54.4 Å². The molecule has 34 heavy (non-hydrogen) atoms. The molecule has 1 aromatic heterocycles. The van der Waals surface area contributed by atoms with Gasteiger partial charge >= 0.3 is 0 Å². The van der Waals surface area contributed by atoms with Crippen LogP contribution in [0.1, 0.15) is 31.7 Å². The summed E-state index contributed by atoms with van der Waals surface area (Å²) >= 11 is 0. The fraction of sp³-hybridized carbons (Fsp3) is 0.292. The van der Waals surface area contributed by atoms with Gasteiger partial charge in [0.05, 0.1) is 18.8 Å². The molecule has 2 aliphatic rings. The highest BCUT2D eigenvalue weighted by atomic mass is 35.7. The molecule has 0 bridgehead atoms. The van der Waals surface area contributed by atoms with Gasteiger partial charge in [-0.3, -0.25) is 0 Å². The zero-order valence-corrected chi connectivity index (χ0v) is 19.8. The lowest BCUT2D eigenvalue weighted by Gasteiger charge is -2.17. The monoisotopic (exact) mass is 489 g/mol. The Kier molecular flexibility index (Phi) is 6.66. The smallest absolute Gasteiger partial charge is 0.285 e. The molecule has 3 aromatic rings. The first kappa shape index (κ1) is 24.2. The molecule has 3 heterocycles. The molecule has 10 heteroatoms. The molecular formula is C24H25ClFN3O5. The number of rotatable bonds is 3. The van der Waals surface area contributed by atoms with Gasteiger partial charge < -0.3 is 9.64 Å². The number of benzene rings is 2. The van der Waals surface area contributed by atoms with Crippen molar-refractivity contribution in [1.29, 1.82) is 0 Å². The van der Waals surface area contributed by atoms with Gasteiger partial charge in [0.25, 0.3) is 5.82 Å². The lowest BCUT2D eigenvalue weighted by Crippen LogP contribution is -2.68. The molecule has 0 fully saturated rings. The predicted octanol–water partition coefficient (Wildman–Crippen LogP) is 0.188. The maximum atomic E-state index is 13.8. The van der Waals surface area contributed by atoms with Crippen LogP contribution in [0.2, 0.25) is 0 Å². The van der Waals surface area contributed by atoms with E-state index in [-0.39, 0.29) is 5.82 Å². The largest absolute Gasteiger partial charge is 0.439 e. The number of hydrogen-bond acceptors (Lipinski definition) is 6. The number of fused-ring (bicyclic) bond motifs is 4. The average Bonchev–Trinajstić information content (AvgIpc) is 3.41. The summed E-state index contributed by atoms with van der Waals surface area (Å²) in [5.41, 5.74) is 5.65. The van der Waals surface area contributed by atoms with Crippen molar-refractivity contribution in [2.75, 3.05) is 11.4 Å². The molecule has 0 spiro atoms. The van der Waals surface area contributed by atoms with Gasteiger partial charge in [0.1, 0.15) is 5.82 Å². The summed E-state index contributed by atoms with van der Waals surface area (Å²) in [5.74, 6) is 2.73. The van der Waals surface area contributed by atoms with E-state index in [1.165, 1.54) is 17.0 Å². The Morgan fingerprint density at radius 2 is 1.82 bits per heavy atom. The summed E-state index contributed by atoms with van der Waals surface area (Å²) in [6, 6.07) is 11.3. The second-order valence-corrected chi connectivity index (χ2v) is 8.75. The van der Waals surface area contributed by atoms with Gasteiger partial charge in [-0.15, -0.1) is 10.2 Å². The summed E-state index contributed by atoms with van der Waals surface area (Å²) < 4.78 is 58.4. The fourth-order valence-corrected chi connectivity index (χ4v) is 4.54. The zero-order chi connectivity index (χ0) is 24.6. The number of hydrogen-bond donors (Lipinski definition) is 0. The van der Waals surface area contributed by atoms with Crippen molar-refractivity contribution >= 4 is 22.3 Å². The molecule has 0 N–H and O–H groups in total. The van der Waals surface area contributed by atoms with E-state index >= 15 is 0 Å². The van der Waals surface area contributed by atoms with Crippen molar-refractivity contribution in [3.63, 3.8) is 0 Å². The number of aryl methyl sites for hydroxylation is 3. The van der Waals surface area contributed by atoms with Crippen LogP contribution < -0.4 is 32.8 Å². The van der Waals surface area contributed by atoms with Crippen LogP contribution in [0.5, 0.6) is 5.75 Å². The molecule has 0 atom stereocenters. The SMILES string of the molecule is CCN1C(=CC=C2CCn3c2[n+](CC)c2ccc(F)cc23)Oc2ccc(C)cc21.[O-][Cl+3]([O-])([O-])[O-]. The number of aromatic nitrogens is 2. The normalized spacial score (nSPS) is 17.1. The molecule has 0 saturated heterocycles. The summed E-state index contributed by atoms with van der Waals surface area (Å²) in [6.07, 6.45) is 5.17. The number of anilines is 1. The van der Waals surface area contributed by atoms with Gasteiger partial charge in [0.15, 0.2) is 16.8 Å². The molecule has 5 rings (SSSR count). The maximum absolute atomic E-state index is 13.8. The van der Waals surface area contributed by atoms with Gasteiger partial charge in [0, 0.05) is 24.6 Å². The zero-order valence-electron chi connectivity index (χ0n) is 19.1. The summed E-state index contributed by atoms with van der Waals surface area (Å²) in [4.78, 5) is 2.20. The van der Waals surface area contributed by atoms with Gasteiger partial charge in [-0.25, -0.2) is 32.2 Å². The highest BCUT2D eigenvalue weighted by molar-refractivity contribution is 5.78. The molecule has 0 saturated carbocycles. The van der Waals surface area contributed by atoms with E-state index in [1.807, 2.05) is 12.1 Å². The Balaban J connectivity index is 0.000000499. The van der Waals surface area contributed by atoms with Crippen molar-refractivity contribution in [2.45, 2.75) is 40.3 Å². The average molecular weight is 490 g/mol. The minimum Gasteiger partial charge on any atom is -0.439 e. The van der Waals surface area contributed by atoms with Crippen LogP contribution >= 0.6 is 0 Å². The predicted molar refractivity (Wildman–Crippen MR) is 113 cm³/mol. The van der Waals surface area contributed by atoms with Crippen LogP contribution in [-0.2, 0) is 13.1 Å². The molecule has 0 unspecified atom stereocenters. The van der Waals surface area contributed by atoms with Crippen molar-refractivity contribution in [3.8, 4) is 5.75 Å². The number of imidazole rings is 1. The molecule has 8 nitrogen and oxygen atoms in total. The van der Waals surface area contributed by atoms with Crippen LogP contribution in [0, 0.1) is 23.0 Å². The van der Waals surface area contributed by atoms with Crippen LogP contribution in [0.25, 0.3) is 16.6 Å². The Labute approximate surface area is 198 Å². The summed E-state index contributed by atoms with van der Waals surface area (Å²) in [5, 5.41) is 0. The quantitative estimate of drug-likeness (QED) is 0.485. The Morgan fingerprint density at radius 1 is 1.09 bits per heavy atom. The molecule has 0 aliphatic carbocycles. The Bertz CT molecular complexity index is 1290. The molecule has 0 amide bonds. The number of allylic oxidation sites excluding steroid dienone is 3. The lowest BCUT2D eigenvalue weighted by molar-refractivity contribution is -2.00. The van der Waals surface area contributed by atoms with Gasteiger partial charge in [-0.05, 0) is 62.8 Å². The van der Waals surface area contributed by atoms with Crippen LogP contribution in [0.15, 0.2) is 54.4 Å². The van der Waals surface area contributed by atoms with E-state index in [0.29, 0.717) is 0 Å². The topological polar surface area (TPSA) is 114 Å². The Morgan fingerprint density at radius 3 is 2.50 bits per heavy atom. The minimum absolute atomic E-state index is 0.188. The van der Waals surface area contributed by atoms with Crippen LogP contribution in [-0.4, -0.2) is 11.1 Å². The molecule has 0 radical (unpaired) electrons. The van der Waals surface area contributed by atoms with Crippen molar-refractivity contribution < 1.29 is 42.6 Å². The van der Waals surface area contributed by atoms with E-state index in [9.17, 15) is 4.39 Å². The molecule has 2 aromatic carbocycles. The van der Waals surface area contributed by atoms with Gasteiger partial charge in [-0.2, -0.15) is 0 Å². The first-order valence-corrected chi connectivity index (χ1v) is 12.1. The first-order valence-electron chi connectivity index (χ1n) is 10.9. The van der Waals surface area contributed by atoms with Gasteiger partial charge in [-0.1, -0.05) is 6.07 Å². The standard InChI is InChI=1S/C24H25FN3O.ClHO4/c1-4-26-21-14-16(3)6-10-22(21)29-23(26)11-7-17-12-13-28-20-15-18(25)8-9-19(20)27(5-2)24(17)28;2-1(3,4)5/h6-11,14-15H,4-5,12-13H2,1-3H3;(H,2,3,4,5)/q+1;/p-1. The maximum Gasteiger partial charge on any atom is 0.285 e. The first-order chi connectivity index (χ1) is 16.1. The van der Waals surface area contributed by atoms with E-state index in [4.69, 9.17) is 23.4 Å². The molecule has 2 aliphatic heterocycles. The van der Waals surface area contributed by atoms with E-state index < -0.39 is 10.2 Å². The van der Waals surface area contributed by atoms with Crippen LogP contribution in [0.3, 0.4) is 0 Å². The third-order valence-electron chi connectivity index (χ3n) is 5.87. The Hall–Kier alpha value is -2.95. The second-order valence-electron chi connectivity index (χ2n) is 7.99. The summed E-state index contributed by atoms with van der Waals surface area (Å²) in [7, 11) is -4.94. The third kappa shape index (κ3) is 4.79. The highest BCUT2D eigenvalue weighted by Gasteiger charge is 2.33. The minimum atomic E-state index is -4.94. The number of ether oxygens (including phenoxy) is 1. The number of halogens is 2. The van der Waals surface area contributed by atoms with E-state index in [2.05, 4.69) is 59.1 Å². The highest BCUT2D eigenvalue weighted by Crippen LogP contribution is 2.39. The van der Waals surface area contributed by atoms with E-state index in [1.54, 1.807) is 12.1 Å². The molecule has 180 valence electrons. The lowest BCUT2D eigenvalue weighted by atomic mass is 10.2. The summed E-state index contributed by atoms with van der Waals surface area (Å²) in [6.45, 7) is 8.93. The second kappa shape index (κ2) is 9.36. The fourth-order valence-electron chi connectivity index (χ4n) is 4.54. The third-order valence-corrected chi connectivity index (χ3v) is 5.87. The van der Waals surface area contributed by atoms with Crippen molar-refractivity contribution in [3.05, 3.63) is 71.6 Å². The van der Waals surface area contributed by atoms with Crippen molar-refractivity contribution in [1.82, 2.24) is 4.57 Å².